The first kappa shape index (κ1) is 16.1. The second kappa shape index (κ2) is 6.55. The molecule has 0 bridgehead atoms. The molecule has 2 aromatic heterocycles. The summed E-state index contributed by atoms with van der Waals surface area (Å²) in [5.74, 6) is 2.29. The summed E-state index contributed by atoms with van der Waals surface area (Å²) < 4.78 is 10.9. The van der Waals surface area contributed by atoms with E-state index in [2.05, 4.69) is 51.9 Å². The van der Waals surface area contributed by atoms with Crippen molar-refractivity contribution in [3.05, 3.63) is 59.7 Å². The average Bonchev–Trinajstić information content (AvgIpc) is 3.35. The van der Waals surface area contributed by atoms with Crippen molar-refractivity contribution in [1.29, 1.82) is 0 Å². The Morgan fingerprint density at radius 1 is 1.04 bits per heavy atom. The molecule has 0 atom stereocenters. The highest BCUT2D eigenvalue weighted by atomic mass is 32.1. The second-order valence-electron chi connectivity index (χ2n) is 6.30. The first-order chi connectivity index (χ1) is 13.3. The molecule has 2 aromatic carbocycles. The lowest BCUT2D eigenvalue weighted by Gasteiger charge is -2.09. The van der Waals surface area contributed by atoms with Gasteiger partial charge in [-0.25, -0.2) is 9.97 Å². The lowest BCUT2D eigenvalue weighted by molar-refractivity contribution is 0.174. The van der Waals surface area contributed by atoms with E-state index < -0.39 is 0 Å². The minimum absolute atomic E-state index is 0.263. The monoisotopic (exact) mass is 375 g/mol. The van der Waals surface area contributed by atoms with Crippen LogP contribution in [0.15, 0.2) is 54.2 Å². The molecule has 0 amide bonds. The highest BCUT2D eigenvalue weighted by Crippen LogP contribution is 2.39. The summed E-state index contributed by atoms with van der Waals surface area (Å²) in [4.78, 5) is 9.91. The number of hydrogen-bond donors (Lipinski definition) is 1. The van der Waals surface area contributed by atoms with E-state index in [1.807, 2.05) is 18.2 Å². The molecule has 1 aliphatic rings. The van der Waals surface area contributed by atoms with Gasteiger partial charge in [-0.1, -0.05) is 31.2 Å². The van der Waals surface area contributed by atoms with Gasteiger partial charge in [0.1, 0.15) is 17.0 Å². The van der Waals surface area contributed by atoms with Crippen LogP contribution in [0.1, 0.15) is 12.5 Å². The highest BCUT2D eigenvalue weighted by Gasteiger charge is 2.16. The molecule has 4 aromatic rings. The molecule has 0 unspecified atom stereocenters. The number of nitrogens with zero attached hydrogens (tertiary/aromatic N) is 2. The van der Waals surface area contributed by atoms with Crippen molar-refractivity contribution < 1.29 is 9.47 Å². The Labute approximate surface area is 160 Å². The van der Waals surface area contributed by atoms with Crippen LogP contribution in [-0.2, 0) is 6.42 Å². The SMILES string of the molecule is CCc1ccc(-c2csc3ncnc(Nc4ccc5c(c4)OCO5)c23)cc1. The van der Waals surface area contributed by atoms with E-state index in [9.17, 15) is 0 Å². The van der Waals surface area contributed by atoms with Crippen LogP contribution >= 0.6 is 11.3 Å². The van der Waals surface area contributed by atoms with Crippen molar-refractivity contribution in [3.8, 4) is 22.6 Å². The van der Waals surface area contributed by atoms with E-state index in [0.717, 1.165) is 45.2 Å². The van der Waals surface area contributed by atoms with Crippen LogP contribution in [0.3, 0.4) is 0 Å². The van der Waals surface area contributed by atoms with Crippen LogP contribution in [0.5, 0.6) is 11.5 Å². The number of nitrogens with one attached hydrogen (secondary N) is 1. The van der Waals surface area contributed by atoms with E-state index in [4.69, 9.17) is 9.47 Å². The van der Waals surface area contributed by atoms with Crippen LogP contribution in [0.4, 0.5) is 11.5 Å². The number of thiophene rings is 1. The predicted octanol–water partition coefficient (Wildman–Crippen LogP) is 5.39. The molecule has 5 rings (SSSR count). The van der Waals surface area contributed by atoms with Gasteiger partial charge in [0.2, 0.25) is 6.79 Å². The predicted molar refractivity (Wildman–Crippen MR) is 108 cm³/mol. The first-order valence-electron chi connectivity index (χ1n) is 8.80. The molecule has 0 spiro atoms. The zero-order valence-electron chi connectivity index (χ0n) is 14.7. The maximum Gasteiger partial charge on any atom is 0.231 e. The molecule has 0 aliphatic carbocycles. The third-order valence-electron chi connectivity index (χ3n) is 4.68. The summed E-state index contributed by atoms with van der Waals surface area (Å²) in [5.41, 5.74) is 4.54. The van der Waals surface area contributed by atoms with Crippen LogP contribution in [0.2, 0.25) is 0 Å². The quantitative estimate of drug-likeness (QED) is 0.518. The van der Waals surface area contributed by atoms with Crippen LogP contribution in [0.25, 0.3) is 21.3 Å². The van der Waals surface area contributed by atoms with Gasteiger partial charge < -0.3 is 14.8 Å². The van der Waals surface area contributed by atoms with Gasteiger partial charge in [0.25, 0.3) is 0 Å². The Morgan fingerprint density at radius 3 is 2.74 bits per heavy atom. The van der Waals surface area contributed by atoms with Gasteiger partial charge in [0.15, 0.2) is 11.5 Å². The number of aryl methyl sites for hydroxylation is 1. The summed E-state index contributed by atoms with van der Waals surface area (Å²) in [6.45, 7) is 2.43. The topological polar surface area (TPSA) is 56.3 Å². The Bertz CT molecular complexity index is 1120. The third-order valence-corrected chi connectivity index (χ3v) is 5.57. The maximum absolute atomic E-state index is 5.47. The first-order valence-corrected chi connectivity index (χ1v) is 9.68. The molecule has 3 heterocycles. The summed E-state index contributed by atoms with van der Waals surface area (Å²) >= 11 is 1.63. The lowest BCUT2D eigenvalue weighted by Crippen LogP contribution is -1.95. The number of anilines is 2. The Hall–Kier alpha value is -3.12. The second-order valence-corrected chi connectivity index (χ2v) is 7.15. The zero-order chi connectivity index (χ0) is 18.2. The fourth-order valence-electron chi connectivity index (χ4n) is 3.21. The van der Waals surface area contributed by atoms with E-state index in [1.165, 1.54) is 11.1 Å². The van der Waals surface area contributed by atoms with Gasteiger partial charge in [-0.2, -0.15) is 0 Å². The van der Waals surface area contributed by atoms with Crippen LogP contribution < -0.4 is 14.8 Å². The molecule has 1 N–H and O–H groups in total. The van der Waals surface area contributed by atoms with Crippen molar-refractivity contribution in [2.24, 2.45) is 0 Å². The maximum atomic E-state index is 5.47. The normalized spacial score (nSPS) is 12.5. The van der Waals surface area contributed by atoms with E-state index in [1.54, 1.807) is 17.7 Å². The standard InChI is InChI=1S/C21H17N3O2S/c1-2-13-3-5-14(6-4-13)16-10-27-21-19(16)20(22-11-23-21)24-15-7-8-17-18(9-15)26-12-25-17/h3-11H,2,12H2,1H3,(H,22,23,24). The van der Waals surface area contributed by atoms with Gasteiger partial charge in [-0.05, 0) is 29.7 Å². The highest BCUT2D eigenvalue weighted by molar-refractivity contribution is 7.17. The molecular weight excluding hydrogens is 358 g/mol. The van der Waals surface area contributed by atoms with Gasteiger partial charge in [0.05, 0.1) is 5.39 Å². The van der Waals surface area contributed by atoms with Gasteiger partial charge in [-0.15, -0.1) is 11.3 Å². The summed E-state index contributed by atoms with van der Waals surface area (Å²) in [6.07, 6.45) is 2.63. The Kier molecular flexibility index (Phi) is 3.90. The molecule has 1 aliphatic heterocycles. The van der Waals surface area contributed by atoms with Gasteiger partial charge in [-0.3, -0.25) is 0 Å². The molecule has 0 saturated carbocycles. The van der Waals surface area contributed by atoms with Crippen LogP contribution in [0, 0.1) is 0 Å². The molecule has 0 saturated heterocycles. The minimum atomic E-state index is 0.263. The number of aromatic nitrogens is 2. The fraction of sp³-hybridized carbons (Fsp3) is 0.143. The van der Waals surface area contributed by atoms with Crippen molar-refractivity contribution in [2.45, 2.75) is 13.3 Å². The van der Waals surface area contributed by atoms with E-state index in [0.29, 0.717) is 0 Å². The lowest BCUT2D eigenvalue weighted by atomic mass is 10.0. The molecule has 0 radical (unpaired) electrons. The summed E-state index contributed by atoms with van der Waals surface area (Å²) in [5, 5.41) is 6.59. The van der Waals surface area contributed by atoms with Gasteiger partial charge >= 0.3 is 0 Å². The van der Waals surface area contributed by atoms with Crippen molar-refractivity contribution in [3.63, 3.8) is 0 Å². The van der Waals surface area contributed by atoms with Crippen LogP contribution in [-0.4, -0.2) is 16.8 Å². The summed E-state index contributed by atoms with van der Waals surface area (Å²) in [7, 11) is 0. The zero-order valence-corrected chi connectivity index (χ0v) is 15.5. The number of benzene rings is 2. The summed E-state index contributed by atoms with van der Waals surface area (Å²) in [6, 6.07) is 14.5. The Morgan fingerprint density at radius 2 is 1.89 bits per heavy atom. The van der Waals surface area contributed by atoms with E-state index >= 15 is 0 Å². The molecule has 134 valence electrons. The van der Waals surface area contributed by atoms with E-state index in [-0.39, 0.29) is 6.79 Å². The molecule has 5 nitrogen and oxygen atoms in total. The smallest absolute Gasteiger partial charge is 0.231 e. The Balaban J connectivity index is 1.57. The third kappa shape index (κ3) is 2.88. The average molecular weight is 375 g/mol. The number of rotatable bonds is 4. The number of fused-ring (bicyclic) bond motifs is 2. The molecule has 0 fully saturated rings. The van der Waals surface area contributed by atoms with Crippen molar-refractivity contribution >= 4 is 33.1 Å². The number of hydrogen-bond acceptors (Lipinski definition) is 6. The van der Waals surface area contributed by atoms with Crippen molar-refractivity contribution in [1.82, 2.24) is 9.97 Å². The molecular formula is C21H17N3O2S. The minimum Gasteiger partial charge on any atom is -0.454 e. The molecule has 27 heavy (non-hydrogen) atoms. The van der Waals surface area contributed by atoms with Crippen molar-refractivity contribution in [2.75, 3.05) is 12.1 Å². The molecule has 6 heteroatoms. The van der Waals surface area contributed by atoms with Gasteiger partial charge in [0, 0.05) is 22.7 Å². The largest absolute Gasteiger partial charge is 0.454 e. The fourth-order valence-corrected chi connectivity index (χ4v) is 4.13. The number of ether oxygens (including phenoxy) is 2.